The standard InChI is InChI=1S/C16H16N4O2S2/c1-3-20(11(2)21)15-17-13(9-23-15)10-24-16-19-18-14(22-16)12-7-5-4-6-8-12/h4-9H,3,10H2,1-2H3. The number of carbonyl (C=O) groups is 1. The predicted molar refractivity (Wildman–Crippen MR) is 95.1 cm³/mol. The lowest BCUT2D eigenvalue weighted by Gasteiger charge is -2.14. The number of hydrogen-bond acceptors (Lipinski definition) is 7. The third kappa shape index (κ3) is 3.82. The summed E-state index contributed by atoms with van der Waals surface area (Å²) < 4.78 is 5.66. The number of thiazole rings is 1. The summed E-state index contributed by atoms with van der Waals surface area (Å²) in [5, 5.41) is 11.3. The Balaban J connectivity index is 1.64. The van der Waals surface area contributed by atoms with Gasteiger partial charge in [0, 0.05) is 30.2 Å². The van der Waals surface area contributed by atoms with E-state index in [4.69, 9.17) is 4.42 Å². The summed E-state index contributed by atoms with van der Waals surface area (Å²) in [4.78, 5) is 17.7. The minimum absolute atomic E-state index is 0.00421. The zero-order valence-corrected chi connectivity index (χ0v) is 14.9. The molecule has 0 spiro atoms. The van der Waals surface area contributed by atoms with Crippen LogP contribution in [0.5, 0.6) is 0 Å². The third-order valence-corrected chi connectivity index (χ3v) is 5.00. The number of nitrogens with zero attached hydrogens (tertiary/aromatic N) is 4. The molecule has 0 fully saturated rings. The first-order valence-electron chi connectivity index (χ1n) is 7.41. The fourth-order valence-corrected chi connectivity index (χ4v) is 3.77. The average Bonchev–Trinajstić information content (AvgIpc) is 3.23. The van der Waals surface area contributed by atoms with Crippen molar-refractivity contribution in [2.75, 3.05) is 11.4 Å². The number of rotatable bonds is 6. The highest BCUT2D eigenvalue weighted by atomic mass is 32.2. The molecule has 24 heavy (non-hydrogen) atoms. The van der Waals surface area contributed by atoms with Crippen LogP contribution in [0, 0.1) is 0 Å². The van der Waals surface area contributed by atoms with Gasteiger partial charge in [-0.15, -0.1) is 21.5 Å². The van der Waals surface area contributed by atoms with Crippen LogP contribution in [-0.2, 0) is 10.5 Å². The van der Waals surface area contributed by atoms with E-state index in [1.807, 2.05) is 42.6 Å². The molecule has 124 valence electrons. The minimum Gasteiger partial charge on any atom is -0.411 e. The lowest BCUT2D eigenvalue weighted by molar-refractivity contribution is -0.116. The Kier molecular flexibility index (Phi) is 5.27. The summed E-state index contributed by atoms with van der Waals surface area (Å²) in [7, 11) is 0. The highest BCUT2D eigenvalue weighted by Crippen LogP contribution is 2.28. The van der Waals surface area contributed by atoms with E-state index in [-0.39, 0.29) is 5.91 Å². The van der Waals surface area contributed by atoms with Crippen LogP contribution in [0.3, 0.4) is 0 Å². The van der Waals surface area contributed by atoms with E-state index in [0.29, 0.717) is 23.4 Å². The Hall–Kier alpha value is -2.19. The molecule has 0 atom stereocenters. The van der Waals surface area contributed by atoms with E-state index in [9.17, 15) is 4.79 Å². The predicted octanol–water partition coefficient (Wildman–Crippen LogP) is 3.86. The molecule has 3 rings (SSSR count). The van der Waals surface area contributed by atoms with Crippen molar-refractivity contribution in [2.24, 2.45) is 0 Å². The van der Waals surface area contributed by atoms with Crippen molar-refractivity contribution in [2.45, 2.75) is 24.8 Å². The van der Waals surface area contributed by atoms with Crippen LogP contribution in [0.25, 0.3) is 11.5 Å². The van der Waals surface area contributed by atoms with Crippen LogP contribution >= 0.6 is 23.1 Å². The Morgan fingerprint density at radius 1 is 1.29 bits per heavy atom. The lowest BCUT2D eigenvalue weighted by atomic mass is 10.2. The summed E-state index contributed by atoms with van der Waals surface area (Å²) in [6.45, 7) is 4.09. The number of amides is 1. The summed E-state index contributed by atoms with van der Waals surface area (Å²) in [6, 6.07) is 9.65. The molecule has 0 radical (unpaired) electrons. The summed E-state index contributed by atoms with van der Waals surface area (Å²) in [5.74, 6) is 1.11. The lowest BCUT2D eigenvalue weighted by Crippen LogP contribution is -2.27. The molecule has 0 aliphatic heterocycles. The second-order valence-electron chi connectivity index (χ2n) is 4.91. The average molecular weight is 360 g/mol. The maximum atomic E-state index is 11.6. The number of thioether (sulfide) groups is 1. The number of aromatic nitrogens is 3. The maximum Gasteiger partial charge on any atom is 0.277 e. The number of benzene rings is 1. The second-order valence-corrected chi connectivity index (χ2v) is 6.68. The number of anilines is 1. The van der Waals surface area contributed by atoms with Crippen molar-refractivity contribution < 1.29 is 9.21 Å². The molecule has 0 N–H and O–H groups in total. The molecular weight excluding hydrogens is 344 g/mol. The molecule has 0 aliphatic rings. The molecule has 1 aromatic carbocycles. The van der Waals surface area contributed by atoms with Gasteiger partial charge in [-0.3, -0.25) is 9.69 Å². The molecule has 0 unspecified atom stereocenters. The first kappa shape index (κ1) is 16.7. The highest BCUT2D eigenvalue weighted by molar-refractivity contribution is 7.98. The fourth-order valence-electron chi connectivity index (χ4n) is 2.08. The molecule has 2 aromatic heterocycles. The first-order valence-corrected chi connectivity index (χ1v) is 9.28. The molecule has 2 heterocycles. The summed E-state index contributed by atoms with van der Waals surface area (Å²) in [6.07, 6.45) is 0. The van der Waals surface area contributed by atoms with E-state index in [1.165, 1.54) is 23.1 Å². The van der Waals surface area contributed by atoms with Crippen LogP contribution in [-0.4, -0.2) is 27.6 Å². The van der Waals surface area contributed by atoms with Gasteiger partial charge in [-0.1, -0.05) is 30.0 Å². The zero-order valence-electron chi connectivity index (χ0n) is 13.3. The van der Waals surface area contributed by atoms with Gasteiger partial charge in [-0.2, -0.15) is 0 Å². The Bertz CT molecular complexity index is 816. The Labute approximate surface area is 147 Å². The highest BCUT2D eigenvalue weighted by Gasteiger charge is 2.14. The van der Waals surface area contributed by atoms with Crippen molar-refractivity contribution >= 4 is 34.1 Å². The number of hydrogen-bond donors (Lipinski definition) is 0. The van der Waals surface area contributed by atoms with E-state index in [2.05, 4.69) is 15.2 Å². The molecule has 1 amide bonds. The Morgan fingerprint density at radius 3 is 2.79 bits per heavy atom. The van der Waals surface area contributed by atoms with Crippen molar-refractivity contribution in [1.29, 1.82) is 0 Å². The van der Waals surface area contributed by atoms with Gasteiger partial charge in [-0.05, 0) is 19.1 Å². The molecule has 6 nitrogen and oxygen atoms in total. The van der Waals surface area contributed by atoms with Gasteiger partial charge in [-0.25, -0.2) is 4.98 Å². The quantitative estimate of drug-likeness (QED) is 0.622. The normalized spacial score (nSPS) is 10.8. The van der Waals surface area contributed by atoms with E-state index in [1.54, 1.807) is 11.8 Å². The Morgan fingerprint density at radius 2 is 2.08 bits per heavy atom. The monoisotopic (exact) mass is 360 g/mol. The molecule has 8 heteroatoms. The molecule has 3 aromatic rings. The largest absolute Gasteiger partial charge is 0.411 e. The van der Waals surface area contributed by atoms with Gasteiger partial charge in [0.05, 0.1) is 5.69 Å². The minimum atomic E-state index is -0.00421. The number of carbonyl (C=O) groups excluding carboxylic acids is 1. The maximum absolute atomic E-state index is 11.6. The molecule has 0 saturated carbocycles. The first-order chi connectivity index (χ1) is 11.7. The van der Waals surface area contributed by atoms with Crippen LogP contribution in [0.4, 0.5) is 5.13 Å². The van der Waals surface area contributed by atoms with E-state index in [0.717, 1.165) is 16.4 Å². The van der Waals surface area contributed by atoms with Crippen LogP contribution in [0.2, 0.25) is 0 Å². The molecule has 0 bridgehead atoms. The van der Waals surface area contributed by atoms with Gasteiger partial charge < -0.3 is 4.42 Å². The van der Waals surface area contributed by atoms with Crippen LogP contribution in [0.1, 0.15) is 19.5 Å². The second kappa shape index (κ2) is 7.59. The van der Waals surface area contributed by atoms with Gasteiger partial charge in [0.25, 0.3) is 5.22 Å². The summed E-state index contributed by atoms with van der Waals surface area (Å²) in [5.41, 5.74) is 1.78. The SMILES string of the molecule is CCN(C(C)=O)c1nc(CSc2nnc(-c3ccccc3)o2)cs1. The zero-order chi connectivity index (χ0) is 16.9. The molecular formula is C16H16N4O2S2. The van der Waals surface area contributed by atoms with Gasteiger partial charge in [0.1, 0.15) is 0 Å². The fraction of sp³-hybridized carbons (Fsp3) is 0.250. The van der Waals surface area contributed by atoms with Crippen molar-refractivity contribution in [3.05, 3.63) is 41.4 Å². The van der Waals surface area contributed by atoms with E-state index >= 15 is 0 Å². The molecule has 0 saturated heterocycles. The van der Waals surface area contributed by atoms with Gasteiger partial charge in [0.15, 0.2) is 5.13 Å². The van der Waals surface area contributed by atoms with Crippen molar-refractivity contribution in [3.8, 4) is 11.5 Å². The molecule has 0 aliphatic carbocycles. The van der Waals surface area contributed by atoms with Crippen LogP contribution < -0.4 is 4.90 Å². The van der Waals surface area contributed by atoms with E-state index < -0.39 is 0 Å². The van der Waals surface area contributed by atoms with Crippen molar-refractivity contribution in [3.63, 3.8) is 0 Å². The summed E-state index contributed by atoms with van der Waals surface area (Å²) >= 11 is 2.89. The van der Waals surface area contributed by atoms with Gasteiger partial charge >= 0.3 is 0 Å². The smallest absolute Gasteiger partial charge is 0.277 e. The third-order valence-electron chi connectivity index (χ3n) is 3.24. The van der Waals surface area contributed by atoms with Crippen molar-refractivity contribution in [1.82, 2.24) is 15.2 Å². The van der Waals surface area contributed by atoms with Crippen LogP contribution in [0.15, 0.2) is 45.4 Å². The van der Waals surface area contributed by atoms with Gasteiger partial charge in [0.2, 0.25) is 11.8 Å². The topological polar surface area (TPSA) is 72.1 Å².